The number of halogens is 1. The lowest BCUT2D eigenvalue weighted by Gasteiger charge is -2.28. The van der Waals surface area contributed by atoms with Crippen molar-refractivity contribution < 1.29 is 9.13 Å². The van der Waals surface area contributed by atoms with Crippen molar-refractivity contribution in [3.63, 3.8) is 0 Å². The van der Waals surface area contributed by atoms with Gasteiger partial charge in [0.2, 0.25) is 0 Å². The van der Waals surface area contributed by atoms with Crippen molar-refractivity contribution in [2.24, 2.45) is 0 Å². The van der Waals surface area contributed by atoms with Gasteiger partial charge in [-0.25, -0.2) is 4.39 Å². The van der Waals surface area contributed by atoms with Crippen molar-refractivity contribution in [2.75, 3.05) is 13.2 Å². The van der Waals surface area contributed by atoms with E-state index >= 15 is 0 Å². The second-order valence-corrected chi connectivity index (χ2v) is 4.77. The highest BCUT2D eigenvalue weighted by Gasteiger charge is 2.22. The van der Waals surface area contributed by atoms with Crippen molar-refractivity contribution in [3.05, 3.63) is 35.6 Å². The summed E-state index contributed by atoms with van der Waals surface area (Å²) in [6, 6.07) is 6.88. The minimum atomic E-state index is -0.193. The summed E-state index contributed by atoms with van der Waals surface area (Å²) in [5.74, 6) is -0.193. The van der Waals surface area contributed by atoms with Gasteiger partial charge in [0.15, 0.2) is 0 Å². The van der Waals surface area contributed by atoms with Crippen LogP contribution in [0.5, 0.6) is 0 Å². The molecule has 0 bridgehead atoms. The molecule has 0 spiro atoms. The fourth-order valence-electron chi connectivity index (χ4n) is 2.28. The third-order valence-corrected chi connectivity index (χ3v) is 3.17. The van der Waals surface area contributed by atoms with E-state index in [0.717, 1.165) is 31.4 Å². The van der Waals surface area contributed by atoms with Crippen LogP contribution in [0.15, 0.2) is 24.3 Å². The lowest BCUT2D eigenvalue weighted by Crippen LogP contribution is -2.34. The SMILES string of the molecule is CCCNC(c1ccc(F)cc1)C(CCC)OCC. The maximum absolute atomic E-state index is 13.0. The summed E-state index contributed by atoms with van der Waals surface area (Å²) in [6.07, 6.45) is 3.30. The highest BCUT2D eigenvalue weighted by atomic mass is 19.1. The summed E-state index contributed by atoms with van der Waals surface area (Å²) >= 11 is 0. The molecule has 19 heavy (non-hydrogen) atoms. The molecule has 1 aromatic rings. The Morgan fingerprint density at radius 2 is 1.79 bits per heavy atom. The van der Waals surface area contributed by atoms with E-state index in [4.69, 9.17) is 4.74 Å². The summed E-state index contributed by atoms with van der Waals surface area (Å²) < 4.78 is 18.9. The van der Waals surface area contributed by atoms with Crippen LogP contribution in [0.4, 0.5) is 4.39 Å². The maximum Gasteiger partial charge on any atom is 0.123 e. The Bertz CT molecular complexity index is 333. The monoisotopic (exact) mass is 267 g/mol. The summed E-state index contributed by atoms with van der Waals surface area (Å²) in [5.41, 5.74) is 1.10. The molecule has 1 rings (SSSR count). The van der Waals surface area contributed by atoms with Gasteiger partial charge in [0.25, 0.3) is 0 Å². The average Bonchev–Trinajstić information content (AvgIpc) is 2.41. The topological polar surface area (TPSA) is 21.3 Å². The zero-order chi connectivity index (χ0) is 14.1. The van der Waals surface area contributed by atoms with Crippen molar-refractivity contribution in [1.82, 2.24) is 5.32 Å². The van der Waals surface area contributed by atoms with Crippen molar-refractivity contribution >= 4 is 0 Å². The summed E-state index contributed by atoms with van der Waals surface area (Å²) in [4.78, 5) is 0. The minimum Gasteiger partial charge on any atom is -0.377 e. The van der Waals surface area contributed by atoms with Crippen LogP contribution in [0.3, 0.4) is 0 Å². The first kappa shape index (κ1) is 16.1. The lowest BCUT2D eigenvalue weighted by atomic mass is 9.97. The summed E-state index contributed by atoms with van der Waals surface area (Å²) in [6.45, 7) is 7.97. The Morgan fingerprint density at radius 3 is 2.32 bits per heavy atom. The number of hydrogen-bond acceptors (Lipinski definition) is 2. The molecule has 0 aliphatic carbocycles. The second-order valence-electron chi connectivity index (χ2n) is 4.77. The largest absolute Gasteiger partial charge is 0.377 e. The van der Waals surface area contributed by atoms with Crippen molar-refractivity contribution in [1.29, 1.82) is 0 Å². The Labute approximate surface area is 116 Å². The van der Waals surface area contributed by atoms with Crippen LogP contribution in [0.1, 0.15) is 51.6 Å². The number of ether oxygens (including phenoxy) is 1. The fourth-order valence-corrected chi connectivity index (χ4v) is 2.28. The van der Waals surface area contributed by atoms with Crippen LogP contribution in [0.2, 0.25) is 0 Å². The van der Waals surface area contributed by atoms with Gasteiger partial charge in [0, 0.05) is 6.61 Å². The molecule has 0 aromatic heterocycles. The van der Waals surface area contributed by atoms with E-state index < -0.39 is 0 Å². The lowest BCUT2D eigenvalue weighted by molar-refractivity contribution is 0.0276. The standard InChI is InChI=1S/C16H26FNO/c1-4-7-15(19-6-3)16(18-12-5-2)13-8-10-14(17)11-9-13/h8-11,15-16,18H,4-7,12H2,1-3H3. The predicted molar refractivity (Wildman–Crippen MR) is 77.8 cm³/mol. The normalized spacial score (nSPS) is 14.3. The Balaban J connectivity index is 2.86. The first-order chi connectivity index (χ1) is 9.22. The van der Waals surface area contributed by atoms with Crippen LogP contribution < -0.4 is 5.32 Å². The Morgan fingerprint density at radius 1 is 1.11 bits per heavy atom. The zero-order valence-electron chi connectivity index (χ0n) is 12.3. The highest BCUT2D eigenvalue weighted by Crippen LogP contribution is 2.23. The second kappa shape index (κ2) is 9.05. The van der Waals surface area contributed by atoms with E-state index in [9.17, 15) is 4.39 Å². The van der Waals surface area contributed by atoms with Gasteiger partial charge in [0.1, 0.15) is 5.82 Å². The smallest absolute Gasteiger partial charge is 0.123 e. The van der Waals surface area contributed by atoms with Gasteiger partial charge in [-0.3, -0.25) is 0 Å². The molecule has 0 saturated carbocycles. The number of rotatable bonds is 9. The minimum absolute atomic E-state index is 0.139. The molecule has 0 fully saturated rings. The molecule has 0 aliphatic heterocycles. The molecule has 1 aromatic carbocycles. The van der Waals surface area contributed by atoms with E-state index in [-0.39, 0.29) is 18.0 Å². The van der Waals surface area contributed by atoms with Crippen LogP contribution in [0, 0.1) is 5.82 Å². The van der Waals surface area contributed by atoms with Crippen LogP contribution in [0.25, 0.3) is 0 Å². The van der Waals surface area contributed by atoms with Crippen molar-refractivity contribution in [3.8, 4) is 0 Å². The predicted octanol–water partition coefficient (Wildman–Crippen LogP) is 4.07. The molecule has 1 N–H and O–H groups in total. The molecule has 3 heteroatoms. The highest BCUT2D eigenvalue weighted by molar-refractivity contribution is 5.21. The zero-order valence-corrected chi connectivity index (χ0v) is 12.3. The number of benzene rings is 1. The number of nitrogens with one attached hydrogen (secondary N) is 1. The summed E-state index contributed by atoms with van der Waals surface area (Å²) in [5, 5.41) is 3.53. The van der Waals surface area contributed by atoms with E-state index in [1.807, 2.05) is 19.1 Å². The van der Waals surface area contributed by atoms with Crippen LogP contribution in [-0.2, 0) is 4.74 Å². The molecule has 108 valence electrons. The first-order valence-corrected chi connectivity index (χ1v) is 7.33. The van der Waals surface area contributed by atoms with Gasteiger partial charge in [-0.05, 0) is 44.0 Å². The van der Waals surface area contributed by atoms with E-state index in [1.165, 1.54) is 12.1 Å². The van der Waals surface area contributed by atoms with Gasteiger partial charge in [-0.15, -0.1) is 0 Å². The van der Waals surface area contributed by atoms with Crippen molar-refractivity contribution in [2.45, 2.75) is 52.2 Å². The molecular weight excluding hydrogens is 241 g/mol. The van der Waals surface area contributed by atoms with Crippen LogP contribution in [-0.4, -0.2) is 19.3 Å². The number of hydrogen-bond donors (Lipinski definition) is 1. The fraction of sp³-hybridized carbons (Fsp3) is 0.625. The molecule has 0 amide bonds. The van der Waals surface area contributed by atoms with E-state index in [0.29, 0.717) is 6.61 Å². The molecule has 0 radical (unpaired) electrons. The molecule has 2 unspecified atom stereocenters. The van der Waals surface area contributed by atoms with E-state index in [2.05, 4.69) is 19.2 Å². The molecule has 0 heterocycles. The Kier molecular flexibility index (Phi) is 7.68. The molecule has 2 atom stereocenters. The average molecular weight is 267 g/mol. The first-order valence-electron chi connectivity index (χ1n) is 7.33. The van der Waals surface area contributed by atoms with Crippen LogP contribution >= 0.6 is 0 Å². The quantitative estimate of drug-likeness (QED) is 0.728. The van der Waals surface area contributed by atoms with E-state index in [1.54, 1.807) is 0 Å². The van der Waals surface area contributed by atoms with Gasteiger partial charge in [-0.1, -0.05) is 32.4 Å². The third-order valence-electron chi connectivity index (χ3n) is 3.17. The summed E-state index contributed by atoms with van der Waals surface area (Å²) in [7, 11) is 0. The molecule has 0 aliphatic rings. The molecule has 0 saturated heterocycles. The van der Waals surface area contributed by atoms with Gasteiger partial charge in [0.05, 0.1) is 12.1 Å². The third kappa shape index (κ3) is 5.29. The van der Waals surface area contributed by atoms with Gasteiger partial charge < -0.3 is 10.1 Å². The molecule has 2 nitrogen and oxygen atoms in total. The van der Waals surface area contributed by atoms with Gasteiger partial charge >= 0.3 is 0 Å². The van der Waals surface area contributed by atoms with Gasteiger partial charge in [-0.2, -0.15) is 0 Å². The molecular formula is C16H26FNO. The Hall–Kier alpha value is -0.930. The maximum atomic E-state index is 13.0.